The summed E-state index contributed by atoms with van der Waals surface area (Å²) < 4.78 is 86.5. The van der Waals surface area contributed by atoms with Gasteiger partial charge in [-0.2, -0.15) is 26.3 Å². The fraction of sp³-hybridized carbons (Fsp3) is 0.708. The quantitative estimate of drug-likeness (QED) is 0.484. The maximum Gasteiger partial charge on any atom is 0.434 e. The second-order valence-corrected chi connectivity index (χ2v) is 10.8. The molecule has 3 saturated heterocycles. The summed E-state index contributed by atoms with van der Waals surface area (Å²) in [7, 11) is 0. The number of anilines is 1. The van der Waals surface area contributed by atoms with Crippen LogP contribution in [0.25, 0.3) is 0 Å². The van der Waals surface area contributed by atoms with E-state index in [0.717, 1.165) is 42.0 Å². The van der Waals surface area contributed by atoms with Crippen molar-refractivity contribution in [3.8, 4) is 0 Å². The second-order valence-electron chi connectivity index (χ2n) is 10.3. The molecule has 0 radical (unpaired) electrons. The maximum absolute atomic E-state index is 12.8. The zero-order valence-corrected chi connectivity index (χ0v) is 20.7. The molecule has 1 saturated carbocycles. The van der Waals surface area contributed by atoms with Gasteiger partial charge in [0.15, 0.2) is 0 Å². The number of likely N-dealkylation sites (tertiary alicyclic amines) is 2. The molecule has 206 valence electrons. The van der Waals surface area contributed by atoms with Crippen molar-refractivity contribution in [3.63, 3.8) is 0 Å². The molecular weight excluding hydrogens is 528 g/mol. The van der Waals surface area contributed by atoms with E-state index in [1.165, 1.54) is 0 Å². The number of benzene rings is 1. The molecule has 6 nitrogen and oxygen atoms in total. The Morgan fingerprint density at radius 2 is 1.73 bits per heavy atom. The van der Waals surface area contributed by atoms with E-state index in [0.29, 0.717) is 37.3 Å². The lowest BCUT2D eigenvalue weighted by atomic mass is 10.0. The van der Waals surface area contributed by atoms with Crippen molar-refractivity contribution >= 4 is 23.4 Å². The Labute approximate surface area is 215 Å². The van der Waals surface area contributed by atoms with Crippen LogP contribution < -0.4 is 4.90 Å². The first-order valence-corrected chi connectivity index (χ1v) is 12.8. The zero-order valence-electron chi connectivity index (χ0n) is 19.9. The number of rotatable bonds is 4. The number of hydrogen-bond acceptors (Lipinski definition) is 5. The van der Waals surface area contributed by atoms with Crippen LogP contribution in [-0.4, -0.2) is 85.8 Å². The smallest absolute Gasteiger partial charge is 0.426 e. The summed E-state index contributed by atoms with van der Waals surface area (Å²) in [6.07, 6.45) is -13.7. The Hall–Kier alpha value is -1.92. The SMILES string of the molecule is O=C(OC(C(F)(F)F)C(F)(F)F)N1CC2CN(Cc3ccc(Cl)cc3N3CCOC4CCCC43)CC2C1. The number of amides is 1. The molecule has 37 heavy (non-hydrogen) atoms. The largest absolute Gasteiger partial charge is 0.434 e. The fourth-order valence-corrected chi connectivity index (χ4v) is 6.43. The summed E-state index contributed by atoms with van der Waals surface area (Å²) in [4.78, 5) is 17.7. The van der Waals surface area contributed by atoms with Gasteiger partial charge in [0.25, 0.3) is 6.10 Å². The third kappa shape index (κ3) is 5.61. The average molecular weight is 556 g/mol. The van der Waals surface area contributed by atoms with Crippen LogP contribution in [0.1, 0.15) is 24.8 Å². The molecule has 0 bridgehead atoms. The highest BCUT2D eigenvalue weighted by Crippen LogP contribution is 2.39. The van der Waals surface area contributed by atoms with Crippen molar-refractivity contribution in [1.29, 1.82) is 0 Å². The lowest BCUT2D eigenvalue weighted by molar-refractivity contribution is -0.308. The van der Waals surface area contributed by atoms with Crippen LogP contribution in [-0.2, 0) is 16.0 Å². The van der Waals surface area contributed by atoms with Gasteiger partial charge in [0.1, 0.15) is 0 Å². The van der Waals surface area contributed by atoms with Crippen molar-refractivity contribution in [2.75, 3.05) is 44.2 Å². The summed E-state index contributed by atoms with van der Waals surface area (Å²) in [5.41, 5.74) is 2.17. The molecule has 3 heterocycles. The number of hydrogen-bond donors (Lipinski definition) is 0. The standard InChI is InChI=1S/C24H28ClF6N3O3/c25-17-5-4-14(19(8-17)34-6-7-36-20-3-1-2-18(20)34)9-32-10-15-12-33(13-16(15)11-32)22(35)37-21(23(26,27)28)24(29,30)31/h4-5,8,15-16,18,20-21H,1-3,6-7,9-13H2. The van der Waals surface area contributed by atoms with E-state index in [-0.39, 0.29) is 31.0 Å². The van der Waals surface area contributed by atoms with Crippen LogP contribution in [0, 0.1) is 11.8 Å². The fourth-order valence-electron chi connectivity index (χ4n) is 6.27. The Morgan fingerprint density at radius 1 is 1.05 bits per heavy atom. The third-order valence-electron chi connectivity index (χ3n) is 7.87. The number of fused-ring (bicyclic) bond motifs is 2. The van der Waals surface area contributed by atoms with Crippen molar-refractivity contribution in [2.24, 2.45) is 11.8 Å². The van der Waals surface area contributed by atoms with Gasteiger partial charge in [-0.3, -0.25) is 4.90 Å². The van der Waals surface area contributed by atoms with Crippen molar-refractivity contribution in [2.45, 2.75) is 56.4 Å². The van der Waals surface area contributed by atoms with E-state index in [4.69, 9.17) is 16.3 Å². The first kappa shape index (κ1) is 26.7. The molecule has 5 rings (SSSR count). The number of ether oxygens (including phenoxy) is 2. The molecule has 4 fully saturated rings. The molecule has 4 atom stereocenters. The van der Waals surface area contributed by atoms with Crippen LogP contribution in [0.4, 0.5) is 36.8 Å². The topological polar surface area (TPSA) is 45.2 Å². The van der Waals surface area contributed by atoms with Gasteiger partial charge in [0.05, 0.1) is 18.8 Å². The van der Waals surface area contributed by atoms with Gasteiger partial charge in [-0.1, -0.05) is 17.7 Å². The van der Waals surface area contributed by atoms with Crippen molar-refractivity contribution < 1.29 is 40.6 Å². The van der Waals surface area contributed by atoms with E-state index in [2.05, 4.69) is 14.5 Å². The zero-order chi connectivity index (χ0) is 26.5. The van der Waals surface area contributed by atoms with Gasteiger partial charge in [0.2, 0.25) is 0 Å². The molecule has 0 N–H and O–H groups in total. The molecule has 0 aromatic heterocycles. The molecule has 3 aliphatic heterocycles. The minimum absolute atomic E-state index is 0.0545. The van der Waals surface area contributed by atoms with Crippen LogP contribution in [0.5, 0.6) is 0 Å². The van der Waals surface area contributed by atoms with Gasteiger partial charge in [0, 0.05) is 50.0 Å². The molecule has 0 spiro atoms. The predicted octanol–water partition coefficient (Wildman–Crippen LogP) is 5.09. The number of carbonyl (C=O) groups excluding carboxylic acids is 1. The Balaban J connectivity index is 1.21. The number of morpholine rings is 1. The van der Waals surface area contributed by atoms with Crippen molar-refractivity contribution in [3.05, 3.63) is 28.8 Å². The van der Waals surface area contributed by atoms with E-state index < -0.39 is 24.5 Å². The minimum Gasteiger partial charge on any atom is -0.426 e. The maximum atomic E-state index is 12.8. The Morgan fingerprint density at radius 3 is 2.38 bits per heavy atom. The molecule has 1 aliphatic carbocycles. The summed E-state index contributed by atoms with van der Waals surface area (Å²) in [5.74, 6) is -0.109. The number of halogens is 7. The number of alkyl halides is 6. The van der Waals surface area contributed by atoms with Crippen molar-refractivity contribution in [1.82, 2.24) is 9.80 Å². The van der Waals surface area contributed by atoms with Gasteiger partial charge in [-0.25, -0.2) is 4.79 Å². The predicted molar refractivity (Wildman–Crippen MR) is 122 cm³/mol. The second kappa shape index (κ2) is 10.00. The lowest BCUT2D eigenvalue weighted by Gasteiger charge is -2.40. The van der Waals surface area contributed by atoms with E-state index in [1.807, 2.05) is 18.2 Å². The molecule has 13 heteroatoms. The summed E-state index contributed by atoms with van der Waals surface area (Å²) in [5, 5.41) is 0.642. The number of nitrogens with zero attached hydrogens (tertiary/aromatic N) is 3. The average Bonchev–Trinajstić information content (AvgIpc) is 3.51. The van der Waals surface area contributed by atoms with Gasteiger partial charge < -0.3 is 19.3 Å². The summed E-state index contributed by atoms with van der Waals surface area (Å²) >= 11 is 6.35. The van der Waals surface area contributed by atoms with Gasteiger partial charge >= 0.3 is 18.4 Å². The molecule has 1 amide bonds. The van der Waals surface area contributed by atoms with Crippen LogP contribution in [0.15, 0.2) is 18.2 Å². The first-order chi connectivity index (χ1) is 17.4. The van der Waals surface area contributed by atoms with E-state index >= 15 is 0 Å². The van der Waals surface area contributed by atoms with Gasteiger partial charge in [-0.05, 0) is 48.8 Å². The first-order valence-electron chi connectivity index (χ1n) is 12.4. The normalized spacial score (nSPS) is 28.6. The summed E-state index contributed by atoms with van der Waals surface area (Å²) in [6.45, 7) is 3.32. The van der Waals surface area contributed by atoms with Crippen LogP contribution in [0.3, 0.4) is 0 Å². The van der Waals surface area contributed by atoms with Crippen LogP contribution in [0.2, 0.25) is 5.02 Å². The highest BCUT2D eigenvalue weighted by atomic mass is 35.5. The highest BCUT2D eigenvalue weighted by molar-refractivity contribution is 6.30. The molecule has 1 aromatic rings. The molecule has 4 unspecified atom stereocenters. The van der Waals surface area contributed by atoms with Gasteiger partial charge in [-0.15, -0.1) is 0 Å². The Kier molecular flexibility index (Phi) is 7.21. The highest BCUT2D eigenvalue weighted by Gasteiger charge is 2.60. The summed E-state index contributed by atoms with van der Waals surface area (Å²) in [6, 6.07) is 6.13. The lowest BCUT2D eigenvalue weighted by Crippen LogP contribution is -2.49. The molecular formula is C24H28ClF6N3O3. The number of carbonyl (C=O) groups is 1. The molecule has 1 aromatic carbocycles. The Bertz CT molecular complexity index is 981. The van der Waals surface area contributed by atoms with E-state index in [1.54, 1.807) is 0 Å². The van der Waals surface area contributed by atoms with E-state index in [9.17, 15) is 31.1 Å². The minimum atomic E-state index is -5.73. The monoisotopic (exact) mass is 555 g/mol. The third-order valence-corrected chi connectivity index (χ3v) is 8.10. The molecule has 4 aliphatic rings. The van der Waals surface area contributed by atoms with Crippen LogP contribution >= 0.6 is 11.6 Å².